The van der Waals surface area contributed by atoms with Gasteiger partial charge in [-0.2, -0.15) is 0 Å². The van der Waals surface area contributed by atoms with Gasteiger partial charge in [-0.1, -0.05) is 13.2 Å². The molecule has 1 rings (SSSR count). The lowest BCUT2D eigenvalue weighted by molar-refractivity contribution is 0.403. The molecule has 0 spiro atoms. The molecule has 0 aromatic carbocycles. The first-order valence-corrected chi connectivity index (χ1v) is 2.31. The number of rotatable bonds is 0. The molecule has 0 bridgehead atoms. The molecule has 0 aliphatic heterocycles. The molecule has 1 aromatic rings. The molecule has 9 heavy (non-hydrogen) atoms. The predicted molar refractivity (Wildman–Crippen MR) is 32.3 cm³/mol. The third-order valence-corrected chi connectivity index (χ3v) is 0.999. The molecule has 0 unspecified atom stereocenters. The zero-order valence-corrected chi connectivity index (χ0v) is 4.72. The van der Waals surface area contributed by atoms with Gasteiger partial charge in [-0.25, -0.2) is 0 Å². The minimum atomic E-state index is -0.333. The Labute approximate surface area is 51.2 Å². The van der Waals surface area contributed by atoms with E-state index in [0.29, 0.717) is 0 Å². The maximum Gasteiger partial charge on any atom is 0.204 e. The van der Waals surface area contributed by atoms with Gasteiger partial charge in [-0.05, 0) is 0 Å². The highest BCUT2D eigenvalue weighted by molar-refractivity contribution is 5.36. The average Bonchev–Trinajstić information content (AvgIpc) is 1.98. The van der Waals surface area contributed by atoms with E-state index in [4.69, 9.17) is 10.2 Å². The third kappa shape index (κ3) is 0.661. The van der Waals surface area contributed by atoms with Crippen molar-refractivity contribution in [3.63, 3.8) is 0 Å². The van der Waals surface area contributed by atoms with Crippen molar-refractivity contribution in [3.8, 4) is 11.5 Å². The largest absolute Gasteiger partial charge is 0.502 e. The second-order valence-corrected chi connectivity index (χ2v) is 1.65. The van der Waals surface area contributed by atoms with Crippen molar-refractivity contribution in [1.82, 2.24) is 0 Å². The number of furan rings is 1. The average molecular weight is 126 g/mol. The molecule has 0 aliphatic carbocycles. The first-order chi connectivity index (χ1) is 4.13. The summed E-state index contributed by atoms with van der Waals surface area (Å²) >= 11 is 0. The summed E-state index contributed by atoms with van der Waals surface area (Å²) in [6.07, 6.45) is 0. The van der Waals surface area contributed by atoms with Gasteiger partial charge in [0.25, 0.3) is 0 Å². The molecule has 1 aromatic heterocycles. The maximum absolute atomic E-state index is 8.78. The van der Waals surface area contributed by atoms with Gasteiger partial charge >= 0.3 is 0 Å². The van der Waals surface area contributed by atoms with Gasteiger partial charge < -0.3 is 14.6 Å². The maximum atomic E-state index is 8.78. The molecule has 0 radical (unpaired) electrons. The van der Waals surface area contributed by atoms with E-state index in [1.54, 1.807) is 0 Å². The van der Waals surface area contributed by atoms with Gasteiger partial charge in [0, 0.05) is 0 Å². The van der Waals surface area contributed by atoms with Crippen LogP contribution >= 0.6 is 0 Å². The van der Waals surface area contributed by atoms with Crippen LogP contribution in [0.2, 0.25) is 0 Å². The van der Waals surface area contributed by atoms with E-state index in [-0.39, 0.29) is 22.3 Å². The van der Waals surface area contributed by atoms with E-state index in [2.05, 4.69) is 17.6 Å². The Hall–Kier alpha value is -1.38. The fourth-order valence-electron chi connectivity index (χ4n) is 0.510. The second kappa shape index (κ2) is 1.55. The first kappa shape index (κ1) is 5.75. The third-order valence-electron chi connectivity index (χ3n) is 0.999. The van der Waals surface area contributed by atoms with E-state index in [1.807, 2.05) is 0 Å². The molecule has 0 saturated heterocycles. The Morgan fingerprint density at radius 3 is 1.44 bits per heavy atom. The van der Waals surface area contributed by atoms with Gasteiger partial charge in [-0.15, -0.1) is 0 Å². The minimum absolute atomic E-state index is 0.0394. The van der Waals surface area contributed by atoms with Gasteiger partial charge in [0.1, 0.15) is 0 Å². The van der Waals surface area contributed by atoms with Crippen LogP contribution in [-0.4, -0.2) is 10.2 Å². The molecular formula is C6H6O3. The lowest BCUT2D eigenvalue weighted by Crippen LogP contribution is -1.93. The van der Waals surface area contributed by atoms with Crippen LogP contribution in [-0.2, 0) is 0 Å². The van der Waals surface area contributed by atoms with E-state index in [9.17, 15) is 0 Å². The zero-order chi connectivity index (χ0) is 7.02. The normalized spacial score (nSPS) is 9.78. The summed E-state index contributed by atoms with van der Waals surface area (Å²) in [5, 5.41) is 17.6. The van der Waals surface area contributed by atoms with E-state index in [0.717, 1.165) is 0 Å². The second-order valence-electron chi connectivity index (χ2n) is 1.65. The summed E-state index contributed by atoms with van der Waals surface area (Å²) in [6.45, 7) is 6.57. The topological polar surface area (TPSA) is 53.6 Å². The summed E-state index contributed by atoms with van der Waals surface area (Å²) in [4.78, 5) is 0. The van der Waals surface area contributed by atoms with Crippen molar-refractivity contribution >= 4 is 13.2 Å². The van der Waals surface area contributed by atoms with E-state index < -0.39 is 0 Å². The van der Waals surface area contributed by atoms with Crippen LogP contribution in [0.1, 0.15) is 0 Å². The smallest absolute Gasteiger partial charge is 0.204 e. The number of hydrogen-bond donors (Lipinski definition) is 2. The van der Waals surface area contributed by atoms with Crippen LogP contribution in [0.25, 0.3) is 13.2 Å². The molecule has 2 N–H and O–H groups in total. The molecule has 0 fully saturated rings. The highest BCUT2D eigenvalue weighted by Crippen LogP contribution is 2.12. The molecule has 0 saturated carbocycles. The molecule has 0 aliphatic rings. The molecule has 0 atom stereocenters. The predicted octanol–water partition coefficient (Wildman–Crippen LogP) is -0.489. The summed E-state index contributed by atoms with van der Waals surface area (Å²) in [5.74, 6) is -0.667. The van der Waals surface area contributed by atoms with Gasteiger partial charge in [0.15, 0.2) is 10.8 Å². The summed E-state index contributed by atoms with van der Waals surface area (Å²) in [7, 11) is 0. The lowest BCUT2D eigenvalue weighted by Gasteiger charge is -1.79. The lowest BCUT2D eigenvalue weighted by atomic mass is 10.5. The highest BCUT2D eigenvalue weighted by atomic mass is 16.4. The molecule has 48 valence electrons. The van der Waals surface area contributed by atoms with Crippen molar-refractivity contribution in [3.05, 3.63) is 10.8 Å². The summed E-state index contributed by atoms with van der Waals surface area (Å²) in [6, 6.07) is 0. The van der Waals surface area contributed by atoms with Crippen LogP contribution in [0.15, 0.2) is 4.42 Å². The molecule has 1 heterocycles. The summed E-state index contributed by atoms with van der Waals surface area (Å²) < 4.78 is 4.62. The van der Waals surface area contributed by atoms with Gasteiger partial charge in [0.2, 0.25) is 11.5 Å². The Balaban J connectivity index is 3.67. The zero-order valence-electron chi connectivity index (χ0n) is 4.72. The first-order valence-electron chi connectivity index (χ1n) is 2.31. The van der Waals surface area contributed by atoms with Crippen LogP contribution in [0, 0.1) is 0 Å². The van der Waals surface area contributed by atoms with E-state index in [1.165, 1.54) is 0 Å². The Bertz CT molecular complexity index is 279. The van der Waals surface area contributed by atoms with Crippen LogP contribution in [0.3, 0.4) is 0 Å². The molecular weight excluding hydrogens is 120 g/mol. The van der Waals surface area contributed by atoms with Crippen molar-refractivity contribution < 1.29 is 14.6 Å². The van der Waals surface area contributed by atoms with Gasteiger partial charge in [0.05, 0.1) is 0 Å². The van der Waals surface area contributed by atoms with Gasteiger partial charge in [-0.3, -0.25) is 0 Å². The molecule has 3 nitrogen and oxygen atoms in total. The SMILES string of the molecule is C=c1oc(=C)c(O)c1O. The highest BCUT2D eigenvalue weighted by Gasteiger charge is 2.03. The standard InChI is InChI=1S/C6H6O3/c1-3-5(7)6(8)4(2)9-3/h7-8H,1-2H2. The Morgan fingerprint density at radius 1 is 1.00 bits per heavy atom. The molecule has 0 amide bonds. The van der Waals surface area contributed by atoms with E-state index >= 15 is 0 Å². The van der Waals surface area contributed by atoms with Crippen LogP contribution < -0.4 is 10.8 Å². The fraction of sp³-hybridized carbons (Fsp3) is 0. The number of aromatic hydroxyl groups is 2. The summed E-state index contributed by atoms with van der Waals surface area (Å²) in [5.41, 5.74) is 0.0787. The van der Waals surface area contributed by atoms with Crippen LogP contribution in [0.4, 0.5) is 0 Å². The Kier molecular flexibility index (Phi) is 0.990. The fourth-order valence-corrected chi connectivity index (χ4v) is 0.510. The quantitative estimate of drug-likeness (QED) is 0.493. The van der Waals surface area contributed by atoms with Crippen molar-refractivity contribution in [2.45, 2.75) is 0 Å². The van der Waals surface area contributed by atoms with Crippen molar-refractivity contribution in [1.29, 1.82) is 0 Å². The van der Waals surface area contributed by atoms with Crippen LogP contribution in [0.5, 0.6) is 11.5 Å². The number of hydrogen-bond acceptors (Lipinski definition) is 3. The monoisotopic (exact) mass is 126 g/mol. The van der Waals surface area contributed by atoms with Crippen molar-refractivity contribution in [2.24, 2.45) is 0 Å². The minimum Gasteiger partial charge on any atom is -0.502 e. The molecule has 3 heteroatoms. The Morgan fingerprint density at radius 2 is 1.33 bits per heavy atom. The van der Waals surface area contributed by atoms with Crippen molar-refractivity contribution in [2.75, 3.05) is 0 Å².